The monoisotopic (exact) mass is 403 g/mol. The third-order valence-corrected chi connectivity index (χ3v) is 5.29. The second-order valence-electron chi connectivity index (χ2n) is 7.95. The van der Waals surface area contributed by atoms with E-state index in [1.807, 2.05) is 54.6 Å². The molecule has 1 aromatic heterocycles. The van der Waals surface area contributed by atoms with E-state index in [2.05, 4.69) is 24.1 Å². The van der Waals surface area contributed by atoms with Gasteiger partial charge in [0.05, 0.1) is 12.1 Å². The Balaban J connectivity index is 1.36. The second-order valence-corrected chi connectivity index (χ2v) is 7.95. The lowest BCUT2D eigenvalue weighted by Gasteiger charge is -2.16. The molecule has 6 nitrogen and oxygen atoms in total. The van der Waals surface area contributed by atoms with Crippen molar-refractivity contribution in [2.45, 2.75) is 32.7 Å². The molecule has 1 aliphatic heterocycles. The maximum absolute atomic E-state index is 12.7. The van der Waals surface area contributed by atoms with Crippen molar-refractivity contribution < 1.29 is 14.0 Å². The van der Waals surface area contributed by atoms with Crippen LogP contribution in [0.1, 0.15) is 37.5 Å². The van der Waals surface area contributed by atoms with Gasteiger partial charge in [0.25, 0.3) is 0 Å². The molecule has 0 spiro atoms. The molecule has 0 aliphatic carbocycles. The Kier molecular flexibility index (Phi) is 5.65. The summed E-state index contributed by atoms with van der Waals surface area (Å²) in [7, 11) is 0. The van der Waals surface area contributed by atoms with Gasteiger partial charge in [-0.05, 0) is 29.8 Å². The first-order valence-corrected chi connectivity index (χ1v) is 10.2. The number of rotatable bonds is 6. The van der Waals surface area contributed by atoms with E-state index < -0.39 is 0 Å². The molecule has 2 amide bonds. The second kappa shape index (κ2) is 8.53. The van der Waals surface area contributed by atoms with E-state index in [1.165, 1.54) is 0 Å². The van der Waals surface area contributed by atoms with Crippen molar-refractivity contribution in [2.75, 3.05) is 11.9 Å². The zero-order chi connectivity index (χ0) is 21.1. The fourth-order valence-corrected chi connectivity index (χ4v) is 3.53. The van der Waals surface area contributed by atoms with Crippen LogP contribution in [0.3, 0.4) is 0 Å². The maximum atomic E-state index is 12.7. The summed E-state index contributed by atoms with van der Waals surface area (Å²) >= 11 is 0. The lowest BCUT2D eigenvalue weighted by molar-refractivity contribution is -0.128. The predicted octanol–water partition coefficient (Wildman–Crippen LogP) is 4.45. The van der Waals surface area contributed by atoms with E-state index in [9.17, 15) is 9.59 Å². The van der Waals surface area contributed by atoms with Crippen LogP contribution in [0, 0.1) is 5.92 Å². The first kappa shape index (κ1) is 19.9. The van der Waals surface area contributed by atoms with Crippen molar-refractivity contribution in [3.63, 3.8) is 0 Å². The molecule has 2 heterocycles. The van der Waals surface area contributed by atoms with Crippen LogP contribution < -0.4 is 5.32 Å². The number of nitrogens with zero attached hydrogens (tertiary/aromatic N) is 2. The molecule has 3 aromatic rings. The number of likely N-dealkylation sites (tertiary alicyclic amines) is 1. The minimum absolute atomic E-state index is 0.0131. The maximum Gasteiger partial charge on any atom is 0.229 e. The molecular weight excluding hydrogens is 378 g/mol. The van der Waals surface area contributed by atoms with Crippen LogP contribution in [-0.4, -0.2) is 28.2 Å². The molecule has 30 heavy (non-hydrogen) atoms. The zero-order valence-corrected chi connectivity index (χ0v) is 17.2. The zero-order valence-electron chi connectivity index (χ0n) is 17.2. The highest BCUT2D eigenvalue weighted by Crippen LogP contribution is 2.26. The Bertz CT molecular complexity index is 1030. The van der Waals surface area contributed by atoms with Crippen molar-refractivity contribution in [1.82, 2.24) is 9.88 Å². The van der Waals surface area contributed by atoms with Crippen LogP contribution in [0.15, 0.2) is 65.2 Å². The summed E-state index contributed by atoms with van der Waals surface area (Å²) in [6, 6.07) is 17.2. The average molecular weight is 403 g/mol. The van der Waals surface area contributed by atoms with E-state index in [4.69, 9.17) is 4.42 Å². The standard InChI is InChI=1S/C24H25N3O3/c1-16(2)21-13-25-24(30-21)18-8-10-20(11-9-18)26-23(29)19-12-22(28)27(15-19)14-17-6-4-3-5-7-17/h3-11,13,16,19H,12,14-15H2,1-2H3,(H,26,29). The highest BCUT2D eigenvalue weighted by atomic mass is 16.4. The highest BCUT2D eigenvalue weighted by Gasteiger charge is 2.34. The average Bonchev–Trinajstić information content (AvgIpc) is 3.37. The Labute approximate surface area is 175 Å². The van der Waals surface area contributed by atoms with Crippen LogP contribution in [-0.2, 0) is 16.1 Å². The van der Waals surface area contributed by atoms with E-state index in [1.54, 1.807) is 11.1 Å². The van der Waals surface area contributed by atoms with E-state index in [0.717, 1.165) is 16.9 Å². The van der Waals surface area contributed by atoms with Crippen LogP contribution in [0.25, 0.3) is 11.5 Å². The Morgan fingerprint density at radius 2 is 1.90 bits per heavy atom. The molecule has 0 radical (unpaired) electrons. The third kappa shape index (κ3) is 4.43. The van der Waals surface area contributed by atoms with Crippen molar-refractivity contribution in [1.29, 1.82) is 0 Å². The lowest BCUT2D eigenvalue weighted by atomic mass is 10.1. The number of nitrogens with one attached hydrogen (secondary N) is 1. The number of amides is 2. The van der Waals surface area contributed by atoms with Gasteiger partial charge in [-0.2, -0.15) is 0 Å². The number of oxazole rings is 1. The lowest BCUT2D eigenvalue weighted by Crippen LogP contribution is -2.28. The molecular formula is C24H25N3O3. The van der Waals surface area contributed by atoms with Gasteiger partial charge >= 0.3 is 0 Å². The first-order valence-electron chi connectivity index (χ1n) is 10.2. The van der Waals surface area contributed by atoms with E-state index in [0.29, 0.717) is 24.7 Å². The summed E-state index contributed by atoms with van der Waals surface area (Å²) in [5.74, 6) is 1.22. The molecule has 1 aliphatic rings. The van der Waals surface area contributed by atoms with E-state index in [-0.39, 0.29) is 30.1 Å². The molecule has 6 heteroatoms. The van der Waals surface area contributed by atoms with Gasteiger partial charge in [0.1, 0.15) is 5.76 Å². The molecule has 1 unspecified atom stereocenters. The minimum Gasteiger partial charge on any atom is -0.441 e. The van der Waals surface area contributed by atoms with Gasteiger partial charge < -0.3 is 14.6 Å². The van der Waals surface area contributed by atoms with Crippen molar-refractivity contribution in [3.8, 4) is 11.5 Å². The van der Waals surface area contributed by atoms with Crippen molar-refractivity contribution in [3.05, 3.63) is 72.1 Å². The summed E-state index contributed by atoms with van der Waals surface area (Å²) < 4.78 is 5.76. The number of hydrogen-bond donors (Lipinski definition) is 1. The normalized spacial score (nSPS) is 16.3. The fraction of sp³-hybridized carbons (Fsp3) is 0.292. The Morgan fingerprint density at radius 1 is 1.17 bits per heavy atom. The van der Waals surface area contributed by atoms with Crippen LogP contribution in [0.2, 0.25) is 0 Å². The summed E-state index contributed by atoms with van der Waals surface area (Å²) in [6.45, 7) is 5.08. The van der Waals surface area contributed by atoms with Crippen LogP contribution in [0.5, 0.6) is 0 Å². The predicted molar refractivity (Wildman–Crippen MR) is 115 cm³/mol. The van der Waals surface area contributed by atoms with Gasteiger partial charge in [-0.25, -0.2) is 4.98 Å². The van der Waals surface area contributed by atoms with Crippen LogP contribution >= 0.6 is 0 Å². The molecule has 4 rings (SSSR count). The third-order valence-electron chi connectivity index (χ3n) is 5.29. The first-order chi connectivity index (χ1) is 14.5. The highest BCUT2D eigenvalue weighted by molar-refractivity contribution is 5.97. The molecule has 1 saturated heterocycles. The van der Waals surface area contributed by atoms with Gasteiger partial charge in [0.15, 0.2) is 0 Å². The van der Waals surface area contributed by atoms with Gasteiger partial charge in [0, 0.05) is 36.7 Å². The summed E-state index contributed by atoms with van der Waals surface area (Å²) in [5.41, 5.74) is 2.60. The summed E-state index contributed by atoms with van der Waals surface area (Å²) in [6.07, 6.45) is 1.99. The van der Waals surface area contributed by atoms with E-state index >= 15 is 0 Å². The number of anilines is 1. The summed E-state index contributed by atoms with van der Waals surface area (Å²) in [5, 5.41) is 2.92. The van der Waals surface area contributed by atoms with Crippen LogP contribution in [0.4, 0.5) is 5.69 Å². The topological polar surface area (TPSA) is 75.4 Å². The van der Waals surface area contributed by atoms with Gasteiger partial charge in [-0.1, -0.05) is 44.2 Å². The van der Waals surface area contributed by atoms with Crippen molar-refractivity contribution in [2.24, 2.45) is 5.92 Å². The smallest absolute Gasteiger partial charge is 0.229 e. The SMILES string of the molecule is CC(C)c1cnc(-c2ccc(NC(=O)C3CC(=O)N(Cc4ccccc4)C3)cc2)o1. The number of aromatic nitrogens is 1. The Morgan fingerprint density at radius 3 is 2.57 bits per heavy atom. The van der Waals surface area contributed by atoms with Gasteiger partial charge in [-0.15, -0.1) is 0 Å². The largest absolute Gasteiger partial charge is 0.441 e. The molecule has 1 fully saturated rings. The molecule has 154 valence electrons. The van der Waals surface area contributed by atoms with Gasteiger partial charge in [0.2, 0.25) is 17.7 Å². The minimum atomic E-state index is -0.346. The number of hydrogen-bond acceptors (Lipinski definition) is 4. The Hall–Kier alpha value is -3.41. The fourth-order valence-electron chi connectivity index (χ4n) is 3.53. The molecule has 1 atom stereocenters. The van der Waals surface area contributed by atoms with Crippen molar-refractivity contribution >= 4 is 17.5 Å². The number of carbonyl (C=O) groups is 2. The van der Waals surface area contributed by atoms with Gasteiger partial charge in [-0.3, -0.25) is 9.59 Å². The quantitative estimate of drug-likeness (QED) is 0.660. The molecule has 0 bridgehead atoms. The summed E-state index contributed by atoms with van der Waals surface area (Å²) in [4.78, 5) is 31.1. The number of carbonyl (C=O) groups excluding carboxylic acids is 2. The molecule has 1 N–H and O–H groups in total. The molecule has 0 saturated carbocycles. The molecule has 2 aromatic carbocycles. The number of benzene rings is 2.